The van der Waals surface area contributed by atoms with Crippen LogP contribution in [0.5, 0.6) is 5.75 Å². The largest absolute Gasteiger partial charge is 0.482 e. The van der Waals surface area contributed by atoms with Crippen molar-refractivity contribution in [3.05, 3.63) is 58.8 Å². The van der Waals surface area contributed by atoms with Crippen molar-refractivity contribution in [1.29, 1.82) is 5.26 Å². The number of rotatable bonds is 7. The van der Waals surface area contributed by atoms with Gasteiger partial charge in [-0.15, -0.1) is 0 Å². The topological polar surface area (TPSA) is 181 Å². The number of likely N-dealkylation sites (tertiary alicyclic amines) is 1. The van der Waals surface area contributed by atoms with Crippen molar-refractivity contribution < 1.29 is 28.2 Å². The highest BCUT2D eigenvalue weighted by atomic mass is 19.1. The van der Waals surface area contributed by atoms with E-state index < -0.39 is 29.5 Å². The molecule has 0 aliphatic carbocycles. The average Bonchev–Trinajstić information content (AvgIpc) is 3.52. The zero-order valence-corrected chi connectivity index (χ0v) is 30.2. The van der Waals surface area contributed by atoms with Crippen LogP contribution < -0.4 is 21.1 Å². The Balaban J connectivity index is 1.29. The Morgan fingerprint density at radius 1 is 1.25 bits per heavy atom. The predicted octanol–water partition coefficient (Wildman–Crippen LogP) is 4.01. The van der Waals surface area contributed by atoms with Gasteiger partial charge in [-0.05, 0) is 70.3 Å². The van der Waals surface area contributed by atoms with Crippen LogP contribution in [0.4, 0.5) is 15.0 Å². The molecule has 2 bridgehead atoms. The molecule has 272 valence electrons. The second kappa shape index (κ2) is 14.6. The minimum absolute atomic E-state index is 0.0147. The number of pyridine rings is 1. The minimum atomic E-state index is -0.763. The van der Waals surface area contributed by atoms with Gasteiger partial charge in [0.15, 0.2) is 11.6 Å². The lowest BCUT2D eigenvalue weighted by Crippen LogP contribution is -2.46. The molecule has 0 spiro atoms. The van der Waals surface area contributed by atoms with E-state index in [0.717, 1.165) is 6.54 Å². The second-order valence-corrected chi connectivity index (χ2v) is 14.8. The molecule has 2 atom stereocenters. The lowest BCUT2D eigenvalue weighted by molar-refractivity contribution is -0.121. The zero-order chi connectivity index (χ0) is 37.2. The fraction of sp³-hybridized carbons (Fsp3) is 0.500. The summed E-state index contributed by atoms with van der Waals surface area (Å²) in [6.07, 6.45) is 0.942. The fourth-order valence-electron chi connectivity index (χ4n) is 6.50. The van der Waals surface area contributed by atoms with Crippen molar-refractivity contribution in [2.24, 2.45) is 5.41 Å². The summed E-state index contributed by atoms with van der Waals surface area (Å²) < 4.78 is 27.2. The van der Waals surface area contributed by atoms with E-state index in [1.54, 1.807) is 20.0 Å². The maximum Gasteiger partial charge on any atom is 0.407 e. The van der Waals surface area contributed by atoms with E-state index in [0.29, 0.717) is 48.4 Å². The van der Waals surface area contributed by atoms with E-state index >= 15 is 0 Å². The third-order valence-electron chi connectivity index (χ3n) is 8.99. The number of amides is 3. The molecule has 1 aromatic carbocycles. The third kappa shape index (κ3) is 8.57. The molecule has 3 aromatic rings. The number of fused-ring (bicyclic) bond motifs is 5. The molecule has 4 heterocycles. The van der Waals surface area contributed by atoms with Crippen LogP contribution in [0.15, 0.2) is 30.5 Å². The predicted molar refractivity (Wildman–Crippen MR) is 187 cm³/mol. The van der Waals surface area contributed by atoms with Gasteiger partial charge in [0, 0.05) is 55.1 Å². The summed E-state index contributed by atoms with van der Waals surface area (Å²) in [7, 11) is 1.58. The molecule has 0 radical (unpaired) electrons. The van der Waals surface area contributed by atoms with Gasteiger partial charge in [0.2, 0.25) is 5.91 Å². The molecule has 15 heteroatoms. The fourth-order valence-corrected chi connectivity index (χ4v) is 6.50. The summed E-state index contributed by atoms with van der Waals surface area (Å²) in [5.74, 6) is -1.01. The van der Waals surface area contributed by atoms with Crippen molar-refractivity contribution in [3.8, 4) is 22.9 Å². The van der Waals surface area contributed by atoms with E-state index in [1.165, 1.54) is 34.0 Å². The van der Waals surface area contributed by atoms with Gasteiger partial charge >= 0.3 is 6.09 Å². The number of nitrogens with zero attached hydrogens (tertiary/aromatic N) is 6. The molecule has 0 unspecified atom stereocenters. The van der Waals surface area contributed by atoms with Gasteiger partial charge in [-0.2, -0.15) is 10.4 Å². The summed E-state index contributed by atoms with van der Waals surface area (Å²) in [6, 6.07) is 7.58. The summed E-state index contributed by atoms with van der Waals surface area (Å²) in [5, 5.41) is 20.8. The van der Waals surface area contributed by atoms with Crippen molar-refractivity contribution in [3.63, 3.8) is 0 Å². The number of nitrogen functional groups attached to an aromatic ring is 1. The standard InChI is InChI=1S/C36H46FN9O5/c1-21-25-14-23(37)9-10-24(25)33(48)44(7)17-26-31(22-13-28(50-21)32(39)41-16-22)27(15-38)46(43-26)19-30(47)40-11-8-12-45-18-29(36(5,6)20-45)42-34(49)51-35(2,3)4/h9-10,13-14,16,21,29H,8,11-12,17-20H2,1-7H3,(H2,39,41)(H,40,47)(H,42,49)/t21-,29+/m1/s1. The number of benzene rings is 1. The molecule has 2 aromatic heterocycles. The van der Waals surface area contributed by atoms with E-state index in [4.69, 9.17) is 15.2 Å². The van der Waals surface area contributed by atoms with E-state index in [9.17, 15) is 24.0 Å². The number of hydrogen-bond donors (Lipinski definition) is 3. The number of alkyl carbamates (subject to hydrolysis) is 1. The Labute approximate surface area is 297 Å². The van der Waals surface area contributed by atoms with Gasteiger partial charge < -0.3 is 35.6 Å². The van der Waals surface area contributed by atoms with E-state index in [-0.39, 0.29) is 53.3 Å². The van der Waals surface area contributed by atoms with Crippen molar-refractivity contribution in [1.82, 2.24) is 35.2 Å². The molecule has 2 aliphatic rings. The van der Waals surface area contributed by atoms with Crippen LogP contribution in [0.3, 0.4) is 0 Å². The molecular formula is C36H46FN9O5. The van der Waals surface area contributed by atoms with E-state index in [1.807, 2.05) is 20.8 Å². The molecule has 0 saturated carbocycles. The lowest BCUT2D eigenvalue weighted by atomic mass is 9.88. The van der Waals surface area contributed by atoms with Gasteiger partial charge in [-0.3, -0.25) is 9.59 Å². The van der Waals surface area contributed by atoms with Gasteiger partial charge in [0.1, 0.15) is 35.8 Å². The number of halogens is 1. The molecular weight excluding hydrogens is 657 g/mol. The van der Waals surface area contributed by atoms with Crippen LogP contribution in [0.25, 0.3) is 11.1 Å². The highest BCUT2D eigenvalue weighted by Gasteiger charge is 2.40. The highest BCUT2D eigenvalue weighted by Crippen LogP contribution is 2.36. The molecule has 14 nitrogen and oxygen atoms in total. The summed E-state index contributed by atoms with van der Waals surface area (Å²) >= 11 is 0. The summed E-state index contributed by atoms with van der Waals surface area (Å²) in [4.78, 5) is 47.1. The minimum Gasteiger partial charge on any atom is -0.482 e. The Bertz CT molecular complexity index is 1860. The number of nitrogens with one attached hydrogen (secondary N) is 2. The normalized spacial score (nSPS) is 18.7. The van der Waals surface area contributed by atoms with Crippen molar-refractivity contribution in [2.45, 2.75) is 78.8 Å². The highest BCUT2D eigenvalue weighted by molar-refractivity contribution is 5.96. The monoisotopic (exact) mass is 703 g/mol. The van der Waals surface area contributed by atoms with Gasteiger partial charge in [0.25, 0.3) is 5.91 Å². The maximum atomic E-state index is 14.3. The number of carbonyl (C=O) groups excluding carboxylic acids is 3. The first kappa shape index (κ1) is 37.0. The first-order valence-corrected chi connectivity index (χ1v) is 16.9. The molecule has 4 N–H and O–H groups in total. The number of ether oxygens (including phenoxy) is 2. The van der Waals surface area contributed by atoms with Crippen molar-refractivity contribution in [2.75, 3.05) is 39.0 Å². The van der Waals surface area contributed by atoms with Crippen LogP contribution >= 0.6 is 0 Å². The number of anilines is 1. The van der Waals surface area contributed by atoms with Crippen LogP contribution in [-0.2, 0) is 22.6 Å². The molecule has 2 aliphatic heterocycles. The molecule has 1 fully saturated rings. The Morgan fingerprint density at radius 3 is 2.71 bits per heavy atom. The quantitative estimate of drug-likeness (QED) is 0.305. The Kier molecular flexibility index (Phi) is 10.6. The zero-order valence-electron chi connectivity index (χ0n) is 30.2. The Morgan fingerprint density at radius 2 is 2.00 bits per heavy atom. The summed E-state index contributed by atoms with van der Waals surface area (Å²) in [5.41, 5.74) is 7.29. The van der Waals surface area contributed by atoms with Crippen LogP contribution in [-0.4, -0.2) is 87.3 Å². The SMILES string of the molecule is C[C@H]1Oc2cc(cnc2N)-c2c(nn(CC(=O)NCCCN3C[C@H](NC(=O)OC(C)(C)C)C(C)(C)C3)c2C#N)CN(C)C(=O)c2ccc(F)cc21. The molecule has 51 heavy (non-hydrogen) atoms. The van der Waals surface area contributed by atoms with Crippen LogP contribution in [0.2, 0.25) is 0 Å². The van der Waals surface area contributed by atoms with Gasteiger partial charge in [-0.25, -0.2) is 18.9 Å². The smallest absolute Gasteiger partial charge is 0.407 e. The van der Waals surface area contributed by atoms with E-state index in [2.05, 4.69) is 45.5 Å². The number of aromatic nitrogens is 3. The molecule has 3 amide bonds. The first-order chi connectivity index (χ1) is 24.0. The third-order valence-corrected chi connectivity index (χ3v) is 8.99. The number of hydrogen-bond acceptors (Lipinski definition) is 10. The lowest BCUT2D eigenvalue weighted by Gasteiger charge is -2.28. The number of nitrogens with two attached hydrogens (primary N) is 1. The number of carbonyl (C=O) groups is 3. The average molecular weight is 704 g/mol. The molecule has 5 rings (SSSR count). The Hall–Kier alpha value is -5.23. The second-order valence-electron chi connectivity index (χ2n) is 14.8. The van der Waals surface area contributed by atoms with Gasteiger partial charge in [0.05, 0.1) is 18.3 Å². The van der Waals surface area contributed by atoms with Crippen molar-refractivity contribution >= 4 is 23.7 Å². The van der Waals surface area contributed by atoms with Crippen LogP contribution in [0.1, 0.15) is 81.4 Å². The van der Waals surface area contributed by atoms with Crippen LogP contribution in [0, 0.1) is 22.6 Å². The number of nitriles is 1. The summed E-state index contributed by atoms with van der Waals surface area (Å²) in [6.45, 7) is 13.6. The first-order valence-electron chi connectivity index (χ1n) is 16.9. The maximum absolute atomic E-state index is 14.3. The van der Waals surface area contributed by atoms with Gasteiger partial charge in [-0.1, -0.05) is 13.8 Å². The molecule has 1 saturated heterocycles.